The van der Waals surface area contributed by atoms with E-state index in [0.717, 1.165) is 17.9 Å². The monoisotopic (exact) mass is 360 g/mol. The molecule has 1 fully saturated rings. The highest BCUT2D eigenvalue weighted by atomic mass is 16.3. The molecule has 0 bridgehead atoms. The van der Waals surface area contributed by atoms with Crippen molar-refractivity contribution in [3.63, 3.8) is 0 Å². The molecule has 1 saturated heterocycles. The van der Waals surface area contributed by atoms with Gasteiger partial charge in [0.2, 0.25) is 11.8 Å². The summed E-state index contributed by atoms with van der Waals surface area (Å²) in [6.07, 6.45) is 5.68. The van der Waals surface area contributed by atoms with Crippen LogP contribution >= 0.6 is 0 Å². The van der Waals surface area contributed by atoms with Crippen LogP contribution in [-0.4, -0.2) is 57.2 Å². The summed E-state index contributed by atoms with van der Waals surface area (Å²) >= 11 is 0. The van der Waals surface area contributed by atoms with E-state index in [2.05, 4.69) is 20.8 Å². The fraction of sp³-hybridized carbons (Fsp3) is 0.529. The molecule has 1 aliphatic rings. The van der Waals surface area contributed by atoms with Crippen molar-refractivity contribution in [1.29, 1.82) is 0 Å². The molecule has 2 aromatic rings. The van der Waals surface area contributed by atoms with Crippen molar-refractivity contribution < 1.29 is 14.0 Å². The molecule has 0 saturated carbocycles. The number of carbonyl (C=O) groups is 2. The van der Waals surface area contributed by atoms with Gasteiger partial charge in [-0.2, -0.15) is 0 Å². The van der Waals surface area contributed by atoms with Crippen molar-refractivity contribution in [2.24, 2.45) is 0 Å². The van der Waals surface area contributed by atoms with E-state index >= 15 is 0 Å². The molecule has 3 rings (SSSR count). The summed E-state index contributed by atoms with van der Waals surface area (Å²) in [7, 11) is 0. The van der Waals surface area contributed by atoms with Crippen LogP contribution in [0.3, 0.4) is 0 Å². The molecule has 2 amide bonds. The topological polar surface area (TPSA) is 105 Å². The number of rotatable bonds is 8. The third-order valence-corrected chi connectivity index (χ3v) is 4.49. The first kappa shape index (κ1) is 18.1. The highest BCUT2D eigenvalue weighted by Gasteiger charge is 2.31. The Balaban J connectivity index is 1.51. The Morgan fingerprint density at radius 2 is 2.38 bits per heavy atom. The van der Waals surface area contributed by atoms with Crippen molar-refractivity contribution >= 4 is 11.8 Å². The Morgan fingerprint density at radius 1 is 1.50 bits per heavy atom. The van der Waals surface area contributed by atoms with Gasteiger partial charge in [-0.3, -0.25) is 14.5 Å². The average molecular weight is 360 g/mol. The predicted molar refractivity (Wildman–Crippen MR) is 92.9 cm³/mol. The van der Waals surface area contributed by atoms with Gasteiger partial charge in [0.25, 0.3) is 0 Å². The lowest BCUT2D eigenvalue weighted by molar-refractivity contribution is -0.134. The highest BCUT2D eigenvalue weighted by Crippen LogP contribution is 2.14. The molecule has 1 aliphatic heterocycles. The Hall–Kier alpha value is -2.68. The lowest BCUT2D eigenvalue weighted by atomic mass is 10.1. The number of aromatic nitrogens is 3. The number of nitrogens with zero attached hydrogens (tertiary/aromatic N) is 4. The number of hydrogen-bond donors (Lipinski definition) is 2. The number of nitrogens with one attached hydrogen (secondary N) is 2. The van der Waals surface area contributed by atoms with E-state index in [-0.39, 0.29) is 18.2 Å². The number of furan rings is 1. The molecule has 3 heterocycles. The van der Waals surface area contributed by atoms with Gasteiger partial charge in [0, 0.05) is 44.7 Å². The first-order chi connectivity index (χ1) is 12.7. The largest absolute Gasteiger partial charge is 0.472 e. The van der Waals surface area contributed by atoms with Crippen LogP contribution in [0, 0.1) is 0 Å². The second-order valence-electron chi connectivity index (χ2n) is 6.25. The Labute approximate surface area is 151 Å². The molecule has 9 heteroatoms. The third-order valence-electron chi connectivity index (χ3n) is 4.49. The van der Waals surface area contributed by atoms with E-state index in [1.54, 1.807) is 18.9 Å². The van der Waals surface area contributed by atoms with Crippen LogP contribution in [0.2, 0.25) is 0 Å². The van der Waals surface area contributed by atoms with E-state index in [4.69, 9.17) is 4.42 Å². The van der Waals surface area contributed by atoms with Crippen molar-refractivity contribution in [2.75, 3.05) is 19.6 Å². The maximum atomic E-state index is 12.3. The zero-order valence-corrected chi connectivity index (χ0v) is 14.9. The maximum absolute atomic E-state index is 12.3. The van der Waals surface area contributed by atoms with Gasteiger partial charge in [0.05, 0.1) is 25.0 Å². The van der Waals surface area contributed by atoms with Gasteiger partial charge in [-0.1, -0.05) is 0 Å². The molecule has 0 aliphatic carbocycles. The van der Waals surface area contributed by atoms with Gasteiger partial charge in [-0.15, -0.1) is 10.2 Å². The smallest absolute Gasteiger partial charge is 0.237 e. The second-order valence-corrected chi connectivity index (χ2v) is 6.25. The zero-order valence-electron chi connectivity index (χ0n) is 14.9. The Morgan fingerprint density at radius 3 is 3.15 bits per heavy atom. The lowest BCUT2D eigenvalue weighted by Crippen LogP contribution is -2.56. The number of amides is 2. The third kappa shape index (κ3) is 4.48. The second kappa shape index (κ2) is 8.61. The number of piperazine rings is 1. The summed E-state index contributed by atoms with van der Waals surface area (Å²) in [6, 6.07) is 1.39. The summed E-state index contributed by atoms with van der Waals surface area (Å²) in [4.78, 5) is 26.6. The normalized spacial score (nSPS) is 17.9. The SMILES string of the molecule is CCn1cnnc1CCNC(=O)C[C@@H]1C(=O)NCCN1Cc1ccoc1. The van der Waals surface area contributed by atoms with Crippen molar-refractivity contribution in [1.82, 2.24) is 30.3 Å². The minimum Gasteiger partial charge on any atom is -0.472 e. The van der Waals surface area contributed by atoms with Crippen molar-refractivity contribution in [3.8, 4) is 0 Å². The predicted octanol–water partition coefficient (Wildman–Crippen LogP) is -0.0596. The molecule has 1 atom stereocenters. The van der Waals surface area contributed by atoms with Crippen LogP contribution in [0.5, 0.6) is 0 Å². The summed E-state index contributed by atoms with van der Waals surface area (Å²) < 4.78 is 7.02. The van der Waals surface area contributed by atoms with E-state index < -0.39 is 6.04 Å². The fourth-order valence-corrected chi connectivity index (χ4v) is 3.09. The molecule has 2 aromatic heterocycles. The summed E-state index contributed by atoms with van der Waals surface area (Å²) in [5.41, 5.74) is 0.990. The molecule has 2 N–H and O–H groups in total. The molecule has 0 spiro atoms. The summed E-state index contributed by atoms with van der Waals surface area (Å²) in [6.45, 7) is 5.15. The molecule has 140 valence electrons. The van der Waals surface area contributed by atoms with Crippen LogP contribution in [0.4, 0.5) is 0 Å². The Kier molecular flexibility index (Phi) is 6.00. The first-order valence-corrected chi connectivity index (χ1v) is 8.83. The molecule has 0 radical (unpaired) electrons. The van der Waals surface area contributed by atoms with E-state index in [9.17, 15) is 9.59 Å². The van der Waals surface area contributed by atoms with E-state index in [1.165, 1.54) is 0 Å². The standard InChI is InChI=1S/C17H24N6O3/c1-2-22-12-20-21-15(22)3-5-18-16(24)9-14-17(25)19-6-7-23(14)10-13-4-8-26-11-13/h4,8,11-12,14H,2-3,5-7,9-10H2,1H3,(H,18,24)(H,19,25)/t14-/m1/s1. The average Bonchev–Trinajstić information content (AvgIpc) is 3.29. The minimum absolute atomic E-state index is 0.111. The molecule has 26 heavy (non-hydrogen) atoms. The van der Waals surface area contributed by atoms with Gasteiger partial charge in [-0.05, 0) is 13.0 Å². The van der Waals surface area contributed by atoms with Gasteiger partial charge < -0.3 is 19.6 Å². The van der Waals surface area contributed by atoms with Crippen LogP contribution in [0.25, 0.3) is 0 Å². The van der Waals surface area contributed by atoms with Crippen LogP contribution in [0.15, 0.2) is 29.3 Å². The van der Waals surface area contributed by atoms with Gasteiger partial charge in [0.1, 0.15) is 12.2 Å². The summed E-state index contributed by atoms with van der Waals surface area (Å²) in [5, 5.41) is 13.6. The Bertz CT molecular complexity index is 727. The van der Waals surface area contributed by atoms with Crippen molar-refractivity contribution in [3.05, 3.63) is 36.3 Å². The molecule has 0 aromatic carbocycles. The van der Waals surface area contributed by atoms with Crippen LogP contribution < -0.4 is 10.6 Å². The van der Waals surface area contributed by atoms with Crippen molar-refractivity contribution in [2.45, 2.75) is 38.9 Å². The van der Waals surface area contributed by atoms with E-state index in [0.29, 0.717) is 32.6 Å². The fourth-order valence-electron chi connectivity index (χ4n) is 3.09. The number of carbonyl (C=O) groups excluding carboxylic acids is 2. The van der Waals surface area contributed by atoms with Gasteiger partial charge in [0.15, 0.2) is 0 Å². The molecular weight excluding hydrogens is 336 g/mol. The van der Waals surface area contributed by atoms with Crippen LogP contribution in [-0.2, 0) is 29.1 Å². The zero-order chi connectivity index (χ0) is 18.4. The molecule has 9 nitrogen and oxygen atoms in total. The van der Waals surface area contributed by atoms with Gasteiger partial charge in [-0.25, -0.2) is 0 Å². The first-order valence-electron chi connectivity index (χ1n) is 8.83. The van der Waals surface area contributed by atoms with Crippen LogP contribution in [0.1, 0.15) is 24.7 Å². The highest BCUT2D eigenvalue weighted by molar-refractivity contribution is 5.88. The molecular formula is C17H24N6O3. The number of aryl methyl sites for hydroxylation is 1. The van der Waals surface area contributed by atoms with E-state index in [1.807, 2.05) is 22.5 Å². The maximum Gasteiger partial charge on any atom is 0.237 e. The molecule has 0 unspecified atom stereocenters. The summed E-state index contributed by atoms with van der Waals surface area (Å²) in [5.74, 6) is 0.581. The van der Waals surface area contributed by atoms with Gasteiger partial charge >= 0.3 is 0 Å². The minimum atomic E-state index is -0.474. The lowest BCUT2D eigenvalue weighted by Gasteiger charge is -2.34. The quantitative estimate of drug-likeness (QED) is 0.683. The number of hydrogen-bond acceptors (Lipinski definition) is 6.